The van der Waals surface area contributed by atoms with E-state index in [1.165, 1.54) is 31.8 Å². The number of hydrogen-bond donors (Lipinski definition) is 0. The number of nitrogens with zero attached hydrogens (tertiary/aromatic N) is 3. The summed E-state index contributed by atoms with van der Waals surface area (Å²) in [6.45, 7) is 3.35. The monoisotopic (exact) mass is 361 g/mol. The Labute approximate surface area is 149 Å². The molecule has 9 nitrogen and oxygen atoms in total. The van der Waals surface area contributed by atoms with Crippen LogP contribution in [0.5, 0.6) is 0 Å². The van der Waals surface area contributed by atoms with E-state index in [4.69, 9.17) is 14.2 Å². The summed E-state index contributed by atoms with van der Waals surface area (Å²) in [5.41, 5.74) is 0.951. The van der Waals surface area contributed by atoms with Gasteiger partial charge in [-0.2, -0.15) is 9.90 Å². The van der Waals surface area contributed by atoms with Gasteiger partial charge >= 0.3 is 17.9 Å². The van der Waals surface area contributed by atoms with Gasteiger partial charge in [-0.15, -0.1) is 5.10 Å². The normalized spacial score (nSPS) is 12.7. The Hall–Kier alpha value is -3.23. The van der Waals surface area contributed by atoms with Crippen molar-refractivity contribution < 1.29 is 28.6 Å². The predicted molar refractivity (Wildman–Crippen MR) is 88.1 cm³/mol. The second-order valence-corrected chi connectivity index (χ2v) is 5.37. The summed E-state index contributed by atoms with van der Waals surface area (Å²) in [6, 6.07) is 9.10. The van der Waals surface area contributed by atoms with Crippen molar-refractivity contribution in [2.45, 2.75) is 33.0 Å². The molecular weight excluding hydrogens is 342 g/mol. The van der Waals surface area contributed by atoms with Gasteiger partial charge in [0.05, 0.1) is 11.9 Å². The minimum Gasteiger partial charge on any atom is -0.462 e. The van der Waals surface area contributed by atoms with Gasteiger partial charge in [0.2, 0.25) is 0 Å². The summed E-state index contributed by atoms with van der Waals surface area (Å²) in [4.78, 5) is 35.4. The average Bonchev–Trinajstić information content (AvgIpc) is 3.06. The van der Waals surface area contributed by atoms with Gasteiger partial charge in [0.15, 0.2) is 12.2 Å². The molecule has 138 valence electrons. The summed E-state index contributed by atoms with van der Waals surface area (Å²) in [5, 5.41) is 8.42. The maximum Gasteiger partial charge on any atom is 0.303 e. The molecule has 0 bridgehead atoms. The molecule has 0 spiro atoms. The van der Waals surface area contributed by atoms with E-state index in [0.717, 1.165) is 0 Å². The van der Waals surface area contributed by atoms with E-state index < -0.39 is 30.1 Å². The van der Waals surface area contributed by atoms with Crippen molar-refractivity contribution in [2.75, 3.05) is 6.61 Å². The van der Waals surface area contributed by atoms with Crippen molar-refractivity contribution in [1.82, 2.24) is 15.0 Å². The van der Waals surface area contributed by atoms with Crippen molar-refractivity contribution >= 4 is 17.9 Å². The highest BCUT2D eigenvalue weighted by atomic mass is 16.6. The highest BCUT2D eigenvalue weighted by Crippen LogP contribution is 2.23. The molecule has 0 aliphatic carbocycles. The van der Waals surface area contributed by atoms with Crippen molar-refractivity contribution in [2.24, 2.45) is 0 Å². The van der Waals surface area contributed by atoms with Gasteiger partial charge in [0, 0.05) is 20.8 Å². The SMILES string of the molecule is CC(=O)OCC(OC(C)=O)C(OC(C)=O)c1cnn(-c2ccccc2)n1. The molecule has 0 amide bonds. The lowest BCUT2D eigenvalue weighted by molar-refractivity contribution is -0.174. The molecule has 0 saturated heterocycles. The number of aromatic nitrogens is 3. The van der Waals surface area contributed by atoms with Crippen LogP contribution in [0, 0.1) is 0 Å². The molecule has 0 radical (unpaired) electrons. The van der Waals surface area contributed by atoms with E-state index in [2.05, 4.69) is 10.2 Å². The standard InChI is InChI=1S/C17H19N3O6/c1-11(21)24-10-16(25-12(2)22)17(26-13(3)23)15-9-18-20(19-15)14-7-5-4-6-8-14/h4-9,16-17H,10H2,1-3H3. The lowest BCUT2D eigenvalue weighted by atomic mass is 10.1. The summed E-state index contributed by atoms with van der Waals surface area (Å²) < 4.78 is 15.3. The van der Waals surface area contributed by atoms with Gasteiger partial charge in [-0.1, -0.05) is 18.2 Å². The molecule has 1 aromatic carbocycles. The van der Waals surface area contributed by atoms with Crippen LogP contribution in [0.4, 0.5) is 0 Å². The molecule has 0 aliphatic rings. The van der Waals surface area contributed by atoms with E-state index in [1.807, 2.05) is 18.2 Å². The summed E-state index contributed by atoms with van der Waals surface area (Å²) in [6.07, 6.45) is -0.736. The first-order valence-electron chi connectivity index (χ1n) is 7.82. The van der Waals surface area contributed by atoms with Crippen molar-refractivity contribution in [3.63, 3.8) is 0 Å². The summed E-state index contributed by atoms with van der Waals surface area (Å²) in [5.74, 6) is -1.78. The summed E-state index contributed by atoms with van der Waals surface area (Å²) >= 11 is 0. The largest absolute Gasteiger partial charge is 0.462 e. The quantitative estimate of drug-likeness (QED) is 0.537. The number of carbonyl (C=O) groups is 3. The number of carbonyl (C=O) groups excluding carboxylic acids is 3. The van der Waals surface area contributed by atoms with E-state index in [-0.39, 0.29) is 12.3 Å². The lowest BCUT2D eigenvalue weighted by Gasteiger charge is -2.24. The zero-order chi connectivity index (χ0) is 19.1. The Balaban J connectivity index is 2.32. The van der Waals surface area contributed by atoms with Gasteiger partial charge in [-0.3, -0.25) is 14.4 Å². The van der Waals surface area contributed by atoms with Crippen LogP contribution in [0.3, 0.4) is 0 Å². The minimum atomic E-state index is -1.08. The molecule has 9 heteroatoms. The maximum absolute atomic E-state index is 11.5. The van der Waals surface area contributed by atoms with Gasteiger partial charge in [-0.25, -0.2) is 0 Å². The molecule has 2 rings (SSSR count). The van der Waals surface area contributed by atoms with E-state index in [1.54, 1.807) is 12.1 Å². The fourth-order valence-electron chi connectivity index (χ4n) is 2.19. The Morgan fingerprint density at radius 3 is 2.23 bits per heavy atom. The first kappa shape index (κ1) is 19.1. The Bertz CT molecular complexity index is 774. The van der Waals surface area contributed by atoms with Crippen LogP contribution < -0.4 is 0 Å². The molecule has 0 saturated carbocycles. The fourth-order valence-corrected chi connectivity index (χ4v) is 2.19. The smallest absolute Gasteiger partial charge is 0.303 e. The van der Waals surface area contributed by atoms with E-state index in [0.29, 0.717) is 5.69 Å². The molecule has 2 aromatic rings. The third-order valence-corrected chi connectivity index (χ3v) is 3.19. The number of ether oxygens (including phenoxy) is 3. The van der Waals surface area contributed by atoms with Crippen LogP contribution in [0.15, 0.2) is 36.5 Å². The zero-order valence-electron chi connectivity index (χ0n) is 14.6. The second-order valence-electron chi connectivity index (χ2n) is 5.37. The van der Waals surface area contributed by atoms with Gasteiger partial charge in [0.1, 0.15) is 12.3 Å². The molecule has 2 atom stereocenters. The van der Waals surface area contributed by atoms with Crippen LogP contribution >= 0.6 is 0 Å². The number of para-hydroxylation sites is 1. The molecular formula is C17H19N3O6. The summed E-state index contributed by atoms with van der Waals surface area (Å²) in [7, 11) is 0. The number of rotatable bonds is 7. The van der Waals surface area contributed by atoms with Gasteiger partial charge in [-0.05, 0) is 12.1 Å². The van der Waals surface area contributed by atoms with Crippen molar-refractivity contribution in [3.05, 3.63) is 42.2 Å². The first-order valence-corrected chi connectivity index (χ1v) is 7.82. The van der Waals surface area contributed by atoms with Crippen LogP contribution in [-0.4, -0.2) is 45.6 Å². The Morgan fingerprint density at radius 1 is 1.00 bits per heavy atom. The minimum absolute atomic E-state index is 0.252. The molecule has 1 heterocycles. The fraction of sp³-hybridized carbons (Fsp3) is 0.353. The number of esters is 3. The highest BCUT2D eigenvalue weighted by Gasteiger charge is 2.32. The van der Waals surface area contributed by atoms with Crippen molar-refractivity contribution in [3.8, 4) is 5.69 Å². The topological polar surface area (TPSA) is 110 Å². The predicted octanol–water partition coefficient (Wildman–Crippen LogP) is 1.37. The second kappa shape index (κ2) is 8.75. The van der Waals surface area contributed by atoms with Crippen LogP contribution in [0.2, 0.25) is 0 Å². The van der Waals surface area contributed by atoms with Crippen LogP contribution in [0.25, 0.3) is 5.69 Å². The van der Waals surface area contributed by atoms with Gasteiger partial charge < -0.3 is 14.2 Å². The third kappa shape index (κ3) is 5.40. The molecule has 0 aliphatic heterocycles. The lowest BCUT2D eigenvalue weighted by Crippen LogP contribution is -2.33. The van der Waals surface area contributed by atoms with Gasteiger partial charge in [0.25, 0.3) is 0 Å². The number of hydrogen-bond acceptors (Lipinski definition) is 8. The van der Waals surface area contributed by atoms with E-state index in [9.17, 15) is 14.4 Å². The average molecular weight is 361 g/mol. The zero-order valence-corrected chi connectivity index (χ0v) is 14.6. The van der Waals surface area contributed by atoms with Crippen LogP contribution in [0.1, 0.15) is 32.6 Å². The first-order chi connectivity index (χ1) is 12.4. The molecule has 0 N–H and O–H groups in total. The van der Waals surface area contributed by atoms with E-state index >= 15 is 0 Å². The van der Waals surface area contributed by atoms with Crippen LogP contribution in [-0.2, 0) is 28.6 Å². The molecule has 2 unspecified atom stereocenters. The maximum atomic E-state index is 11.5. The Morgan fingerprint density at radius 2 is 1.65 bits per heavy atom. The Kier molecular flexibility index (Phi) is 6.42. The molecule has 26 heavy (non-hydrogen) atoms. The number of benzene rings is 1. The molecule has 1 aromatic heterocycles. The van der Waals surface area contributed by atoms with Crippen molar-refractivity contribution in [1.29, 1.82) is 0 Å². The highest BCUT2D eigenvalue weighted by molar-refractivity contribution is 5.68. The molecule has 0 fully saturated rings. The third-order valence-electron chi connectivity index (χ3n) is 3.19.